The first kappa shape index (κ1) is 44.9. The molecule has 284 valence electrons. The Balaban J connectivity index is 0.00000314. The fraction of sp³-hybridized carbons (Fsp3) is 0.622. The minimum atomic E-state index is -2.27. The van der Waals surface area contributed by atoms with Crippen molar-refractivity contribution in [2.45, 2.75) is 107 Å². The molecule has 14 nitrogen and oxygen atoms in total. The predicted molar refractivity (Wildman–Crippen MR) is 177 cm³/mol. The second kappa shape index (κ2) is 16.6. The maximum atomic E-state index is 14.6. The smallest absolute Gasteiger partial charge is 0.407 e. The van der Waals surface area contributed by atoms with Crippen molar-refractivity contribution < 1.29 is 152 Å². The van der Waals surface area contributed by atoms with Crippen LogP contribution < -0.4 is 5.32 Å². The number of rotatable bonds is 9. The van der Waals surface area contributed by atoms with Gasteiger partial charge in [0, 0.05) is 112 Å². The number of alkyl carbamates (subject to hydrolysis) is 1. The molecule has 2 bridgehead atoms. The second-order valence-corrected chi connectivity index (χ2v) is 15.4. The van der Waals surface area contributed by atoms with Crippen molar-refractivity contribution in [1.29, 1.82) is 0 Å². The normalized spacial score (nSPS) is 36.5. The van der Waals surface area contributed by atoms with E-state index in [4.69, 9.17) is 18.9 Å². The number of fused-ring (bicyclic) bond motifs is 5. The number of hydrogen-bond acceptors (Lipinski definition) is 13. The molecule has 1 amide bonds. The van der Waals surface area contributed by atoms with Crippen molar-refractivity contribution in [1.82, 2.24) is 5.32 Å². The van der Waals surface area contributed by atoms with Gasteiger partial charge in [-0.3, -0.25) is 4.79 Å². The summed E-state index contributed by atoms with van der Waals surface area (Å²) in [5.74, 6) is -4.66. The summed E-state index contributed by atoms with van der Waals surface area (Å²) in [4.78, 5) is 54.4. The summed E-state index contributed by atoms with van der Waals surface area (Å²) in [6.07, 6.45) is -8.26. The van der Waals surface area contributed by atoms with Crippen molar-refractivity contribution in [2.24, 2.45) is 22.7 Å². The summed E-state index contributed by atoms with van der Waals surface area (Å²) in [6.45, 7) is 9.11. The summed E-state index contributed by atoms with van der Waals surface area (Å²) in [6, 6.07) is 6.84. The first-order chi connectivity index (χ1) is 23.9. The van der Waals surface area contributed by atoms with Crippen LogP contribution in [0, 0.1) is 111 Å². The van der Waals surface area contributed by atoms with Gasteiger partial charge in [0.2, 0.25) is 0 Å². The van der Waals surface area contributed by atoms with Crippen LogP contribution in [0.5, 0.6) is 0 Å². The molecule has 1 heterocycles. The van der Waals surface area contributed by atoms with Gasteiger partial charge < -0.3 is 49.8 Å². The molecule has 53 heavy (non-hydrogen) atoms. The molecule has 9 unspecified atom stereocenters. The second-order valence-electron chi connectivity index (χ2n) is 15.4. The zero-order valence-corrected chi connectivity index (χ0v) is 39.8. The van der Waals surface area contributed by atoms with Gasteiger partial charge in [-0.2, -0.15) is 0 Å². The SMILES string of the molecule is C=CCOC(=O)NC(C1CC1)C(O)C(=O)OC1CC2(O)C(OC(=O)c3ccccc3)C3[C@]4(O)COC4CC(O)[C@@]3(C)C(=O)C(O)C(=C1C)C2(C)C.[Ac].[Ac]. The van der Waals surface area contributed by atoms with Crippen molar-refractivity contribution in [3.05, 3.63) is 59.7 Å². The Bertz CT molecular complexity index is 1630. The third-order valence-corrected chi connectivity index (χ3v) is 12.2. The third-order valence-electron chi connectivity index (χ3n) is 12.2. The summed E-state index contributed by atoms with van der Waals surface area (Å²) in [7, 11) is 0. The molecular formula is C37H47Ac2NO13. The average Bonchev–Trinajstić information content (AvgIpc) is 3.94. The van der Waals surface area contributed by atoms with Crippen LogP contribution in [-0.4, -0.2) is 116 Å². The quantitative estimate of drug-likeness (QED) is 0.116. The van der Waals surface area contributed by atoms with E-state index in [9.17, 15) is 44.7 Å². The Morgan fingerprint density at radius 1 is 1.08 bits per heavy atom. The maximum absolute atomic E-state index is 14.6. The van der Waals surface area contributed by atoms with Gasteiger partial charge in [0.05, 0.1) is 35.8 Å². The van der Waals surface area contributed by atoms with Crippen LogP contribution in [0.4, 0.5) is 4.79 Å². The van der Waals surface area contributed by atoms with E-state index in [0.717, 1.165) is 0 Å². The number of amides is 1. The average molecular weight is 1170 g/mol. The van der Waals surface area contributed by atoms with Gasteiger partial charge in [0.1, 0.15) is 36.1 Å². The number of aliphatic hydroxyl groups is 5. The number of esters is 2. The molecule has 4 fully saturated rings. The molecule has 6 rings (SSSR count). The molecule has 3 saturated carbocycles. The largest absolute Gasteiger partial charge is 0.456 e. The fourth-order valence-electron chi connectivity index (χ4n) is 8.96. The number of ketones is 1. The summed E-state index contributed by atoms with van der Waals surface area (Å²) < 4.78 is 22.6. The molecule has 1 aliphatic heterocycles. The van der Waals surface area contributed by atoms with E-state index in [1.54, 1.807) is 32.0 Å². The number of nitrogens with one attached hydrogen (secondary N) is 1. The van der Waals surface area contributed by atoms with Gasteiger partial charge in [-0.15, -0.1) is 0 Å². The summed E-state index contributed by atoms with van der Waals surface area (Å²) in [5.41, 5.74) is -7.38. The van der Waals surface area contributed by atoms with E-state index in [-0.39, 0.29) is 130 Å². The fourth-order valence-corrected chi connectivity index (χ4v) is 8.96. The summed E-state index contributed by atoms with van der Waals surface area (Å²) >= 11 is 0. The summed E-state index contributed by atoms with van der Waals surface area (Å²) in [5, 5.41) is 62.5. The number of benzene rings is 1. The van der Waals surface area contributed by atoms with Crippen LogP contribution in [0.2, 0.25) is 0 Å². The maximum Gasteiger partial charge on any atom is 0.407 e. The van der Waals surface area contributed by atoms with Crippen LogP contribution in [0.25, 0.3) is 0 Å². The molecule has 0 aromatic heterocycles. The zero-order chi connectivity index (χ0) is 37.3. The standard InChI is InChI=1S/C37H47NO13.2Ac/c1-6-14-48-33(45)38-25(19-12-13-19)27(41)32(44)50-21-16-37(47)30(51-31(43)20-10-8-7-9-11-20)28-35(5,22(39)15-23-36(28,46)17-49-23)29(42)26(40)24(18(21)2)34(37,3)4;;/h6-11,19,21-23,25-28,30,39-41,46-47H,1,12-17H2,2-5H3,(H,38,45);;/t21?,22?,23?,25?,26?,27?,28?,30?,35-,36+,37?;;/m1../s1. The van der Waals surface area contributed by atoms with E-state index < -0.39 is 101 Å². The van der Waals surface area contributed by atoms with Crippen molar-refractivity contribution in [3.63, 3.8) is 0 Å². The molecule has 1 saturated heterocycles. The first-order valence-electron chi connectivity index (χ1n) is 17.3. The van der Waals surface area contributed by atoms with Gasteiger partial charge in [-0.05, 0) is 55.9 Å². The number of Topliss-reactive ketones (excluding diaryl/α,β-unsaturated/α-hetero) is 1. The molecule has 1 aromatic rings. The number of carbonyl (C=O) groups is 4. The molecule has 1 aromatic carbocycles. The zero-order valence-electron chi connectivity index (χ0n) is 30.3. The molecule has 5 aliphatic rings. The predicted octanol–water partition coefficient (Wildman–Crippen LogP) is 1.11. The van der Waals surface area contributed by atoms with Gasteiger partial charge >= 0.3 is 18.0 Å². The topological polar surface area (TPSA) is 218 Å². The third kappa shape index (κ3) is 7.55. The van der Waals surface area contributed by atoms with Crippen LogP contribution >= 0.6 is 0 Å². The van der Waals surface area contributed by atoms with Crippen molar-refractivity contribution in [2.75, 3.05) is 13.2 Å². The minimum absolute atomic E-state index is 0. The Labute approximate surface area is 379 Å². The van der Waals surface area contributed by atoms with E-state index in [1.807, 2.05) is 0 Å². The Hall–Kier alpha value is -0.777. The molecule has 0 spiro atoms. The first-order valence-corrected chi connectivity index (χ1v) is 17.3. The Morgan fingerprint density at radius 3 is 2.28 bits per heavy atom. The monoisotopic (exact) mass is 1170 g/mol. The van der Waals surface area contributed by atoms with E-state index in [2.05, 4.69) is 11.9 Å². The van der Waals surface area contributed by atoms with E-state index in [0.29, 0.717) is 12.8 Å². The van der Waals surface area contributed by atoms with Crippen molar-refractivity contribution in [3.8, 4) is 0 Å². The van der Waals surface area contributed by atoms with Crippen LogP contribution in [0.15, 0.2) is 54.1 Å². The Morgan fingerprint density at radius 2 is 1.72 bits per heavy atom. The minimum Gasteiger partial charge on any atom is -0.456 e. The number of hydrogen-bond donors (Lipinski definition) is 6. The molecule has 11 atom stereocenters. The molecule has 4 aliphatic carbocycles. The van der Waals surface area contributed by atoms with Gasteiger partial charge in [0.25, 0.3) is 0 Å². The van der Waals surface area contributed by atoms with Crippen LogP contribution in [0.3, 0.4) is 0 Å². The van der Waals surface area contributed by atoms with Gasteiger partial charge in [-0.1, -0.05) is 44.7 Å². The number of aliphatic hydroxyl groups excluding tert-OH is 3. The number of ether oxygens (including phenoxy) is 4. The van der Waals surface area contributed by atoms with E-state index >= 15 is 0 Å². The van der Waals surface area contributed by atoms with Gasteiger partial charge in [0.15, 0.2) is 11.9 Å². The molecule has 16 heteroatoms. The molecular weight excluding hydrogens is 1120 g/mol. The van der Waals surface area contributed by atoms with Crippen molar-refractivity contribution >= 4 is 23.8 Å². The molecule has 6 N–H and O–H groups in total. The molecule has 2 radical (unpaired) electrons. The van der Waals surface area contributed by atoms with Crippen LogP contribution in [0.1, 0.15) is 63.7 Å². The Kier molecular flexibility index (Phi) is 14.1. The van der Waals surface area contributed by atoms with Crippen LogP contribution in [-0.2, 0) is 28.5 Å². The van der Waals surface area contributed by atoms with E-state index in [1.165, 1.54) is 32.1 Å². The van der Waals surface area contributed by atoms with Gasteiger partial charge in [-0.25, -0.2) is 14.4 Å². The number of carbonyl (C=O) groups excluding carboxylic acids is 4.